The Labute approximate surface area is 281 Å². The SMILES string of the molecule is CC(C)(C)OC(=O)N(CCc1ccc(NS(=O)(=O)c2ccc(-c3nc(-c4ccc(F)c(F)c4)cs3)cc2)cc1)C[C@H](O)c1cccnc1. The minimum absolute atomic E-state index is 0.00915. The second-order valence-corrected chi connectivity index (χ2v) is 14.5. The van der Waals surface area contributed by atoms with Crippen molar-refractivity contribution >= 4 is 33.1 Å². The normalized spacial score (nSPS) is 12.4. The highest BCUT2D eigenvalue weighted by molar-refractivity contribution is 7.92. The summed E-state index contributed by atoms with van der Waals surface area (Å²) in [7, 11) is -3.91. The van der Waals surface area contributed by atoms with Crippen LogP contribution in [0, 0.1) is 11.6 Å². The molecule has 5 rings (SSSR count). The minimum atomic E-state index is -3.91. The maximum atomic E-state index is 13.7. The first-order chi connectivity index (χ1) is 22.8. The Morgan fingerprint density at radius 2 is 1.71 bits per heavy atom. The van der Waals surface area contributed by atoms with Gasteiger partial charge in [0.05, 0.1) is 23.2 Å². The van der Waals surface area contributed by atoms with Gasteiger partial charge in [0.2, 0.25) is 0 Å². The van der Waals surface area contributed by atoms with Crippen LogP contribution in [0.15, 0.2) is 102 Å². The van der Waals surface area contributed by atoms with Gasteiger partial charge in [-0.15, -0.1) is 11.3 Å². The molecule has 0 saturated heterocycles. The van der Waals surface area contributed by atoms with Gasteiger partial charge in [0.1, 0.15) is 10.6 Å². The second kappa shape index (κ2) is 14.6. The lowest BCUT2D eigenvalue weighted by molar-refractivity contribution is 0.0146. The Balaban J connectivity index is 1.21. The summed E-state index contributed by atoms with van der Waals surface area (Å²) in [5.74, 6) is -1.90. The molecule has 2 heterocycles. The molecule has 0 radical (unpaired) electrons. The third kappa shape index (κ3) is 9.00. The van der Waals surface area contributed by atoms with E-state index in [4.69, 9.17) is 4.74 Å². The third-order valence-corrected chi connectivity index (χ3v) is 9.41. The largest absolute Gasteiger partial charge is 0.444 e. The number of carbonyl (C=O) groups excluding carboxylic acids is 1. The van der Waals surface area contributed by atoms with Crippen molar-refractivity contribution in [3.05, 3.63) is 119 Å². The highest BCUT2D eigenvalue weighted by atomic mass is 32.2. The van der Waals surface area contributed by atoms with Crippen LogP contribution in [0.3, 0.4) is 0 Å². The van der Waals surface area contributed by atoms with E-state index in [0.717, 1.165) is 17.7 Å². The molecule has 0 aliphatic carbocycles. The van der Waals surface area contributed by atoms with E-state index in [2.05, 4.69) is 14.7 Å². The molecule has 250 valence electrons. The van der Waals surface area contributed by atoms with E-state index in [9.17, 15) is 27.1 Å². The number of carbonyl (C=O) groups is 1. The van der Waals surface area contributed by atoms with Gasteiger partial charge in [0.25, 0.3) is 10.0 Å². The summed E-state index contributed by atoms with van der Waals surface area (Å²) in [5, 5.41) is 13.0. The van der Waals surface area contributed by atoms with Crippen molar-refractivity contribution in [2.45, 2.75) is 43.8 Å². The lowest BCUT2D eigenvalue weighted by Crippen LogP contribution is -2.40. The molecule has 0 saturated carbocycles. The quantitative estimate of drug-likeness (QED) is 0.147. The van der Waals surface area contributed by atoms with Crippen LogP contribution in [0.1, 0.15) is 38.0 Å². The first kappa shape index (κ1) is 34.6. The number of aliphatic hydroxyl groups excluding tert-OH is 1. The average molecular weight is 693 g/mol. The Hall–Kier alpha value is -4.72. The molecular formula is C35H34F2N4O5S2. The number of halogens is 2. The average Bonchev–Trinajstić information content (AvgIpc) is 3.55. The van der Waals surface area contributed by atoms with E-state index in [1.807, 2.05) is 0 Å². The Bertz CT molecular complexity index is 1970. The van der Waals surface area contributed by atoms with Crippen LogP contribution < -0.4 is 4.72 Å². The summed E-state index contributed by atoms with van der Waals surface area (Å²) in [6.45, 7) is 5.57. The molecule has 1 amide bonds. The fourth-order valence-electron chi connectivity index (χ4n) is 4.66. The number of ether oxygens (including phenoxy) is 1. The number of aromatic nitrogens is 2. The summed E-state index contributed by atoms with van der Waals surface area (Å²) in [6.07, 6.45) is 2.07. The van der Waals surface area contributed by atoms with Crippen LogP contribution in [0.5, 0.6) is 0 Å². The zero-order chi connectivity index (χ0) is 34.5. The molecule has 0 bridgehead atoms. The van der Waals surface area contributed by atoms with Crippen molar-refractivity contribution in [3.63, 3.8) is 0 Å². The fraction of sp³-hybridized carbons (Fsp3) is 0.229. The van der Waals surface area contributed by atoms with E-state index in [1.54, 1.807) is 87.1 Å². The molecule has 2 N–H and O–H groups in total. The molecule has 5 aromatic rings. The number of pyridine rings is 1. The van der Waals surface area contributed by atoms with Crippen molar-refractivity contribution in [3.8, 4) is 21.8 Å². The topological polar surface area (TPSA) is 122 Å². The van der Waals surface area contributed by atoms with Gasteiger partial charge in [-0.2, -0.15) is 0 Å². The molecule has 13 heteroatoms. The number of hydrogen-bond acceptors (Lipinski definition) is 8. The number of hydrogen-bond donors (Lipinski definition) is 2. The highest BCUT2D eigenvalue weighted by Crippen LogP contribution is 2.30. The number of thiazole rings is 1. The molecule has 0 spiro atoms. The van der Waals surface area contributed by atoms with Crippen molar-refractivity contribution in [2.24, 2.45) is 0 Å². The van der Waals surface area contributed by atoms with Crippen LogP contribution in [0.2, 0.25) is 0 Å². The van der Waals surface area contributed by atoms with Gasteiger partial charge in [-0.1, -0.05) is 30.3 Å². The predicted octanol–water partition coefficient (Wildman–Crippen LogP) is 7.46. The second-order valence-electron chi connectivity index (χ2n) is 12.0. The number of rotatable bonds is 11. The van der Waals surface area contributed by atoms with Crippen molar-refractivity contribution in [1.82, 2.24) is 14.9 Å². The Morgan fingerprint density at radius 1 is 1.00 bits per heavy atom. The van der Waals surface area contributed by atoms with E-state index in [-0.39, 0.29) is 18.0 Å². The van der Waals surface area contributed by atoms with E-state index in [0.29, 0.717) is 39.5 Å². The van der Waals surface area contributed by atoms with Crippen molar-refractivity contribution in [2.75, 3.05) is 17.8 Å². The maximum absolute atomic E-state index is 13.7. The van der Waals surface area contributed by atoms with Gasteiger partial charge in [-0.05, 0) is 81.3 Å². The van der Waals surface area contributed by atoms with Crippen LogP contribution >= 0.6 is 11.3 Å². The number of anilines is 1. The Kier molecular flexibility index (Phi) is 10.5. The molecule has 9 nitrogen and oxygen atoms in total. The smallest absolute Gasteiger partial charge is 0.410 e. The van der Waals surface area contributed by atoms with Gasteiger partial charge in [-0.25, -0.2) is 27.0 Å². The van der Waals surface area contributed by atoms with Gasteiger partial charge >= 0.3 is 6.09 Å². The first-order valence-corrected chi connectivity index (χ1v) is 17.3. The first-order valence-electron chi connectivity index (χ1n) is 15.0. The van der Waals surface area contributed by atoms with E-state index in [1.165, 1.54) is 34.4 Å². The molecule has 3 aromatic carbocycles. The highest BCUT2D eigenvalue weighted by Gasteiger charge is 2.25. The van der Waals surface area contributed by atoms with Gasteiger partial charge < -0.3 is 14.7 Å². The summed E-state index contributed by atoms with van der Waals surface area (Å²) in [4.78, 5) is 23.0. The van der Waals surface area contributed by atoms with Gasteiger partial charge in [-0.3, -0.25) is 9.71 Å². The fourth-order valence-corrected chi connectivity index (χ4v) is 6.55. The monoisotopic (exact) mass is 692 g/mol. The zero-order valence-electron chi connectivity index (χ0n) is 26.4. The molecule has 0 fully saturated rings. The molecular weight excluding hydrogens is 659 g/mol. The molecule has 48 heavy (non-hydrogen) atoms. The number of nitrogens with zero attached hydrogens (tertiary/aromatic N) is 3. The predicted molar refractivity (Wildman–Crippen MR) is 181 cm³/mol. The van der Waals surface area contributed by atoms with Crippen molar-refractivity contribution < 1.29 is 31.8 Å². The van der Waals surface area contributed by atoms with Crippen molar-refractivity contribution in [1.29, 1.82) is 0 Å². The van der Waals surface area contributed by atoms with E-state index >= 15 is 0 Å². The van der Waals surface area contributed by atoms with Gasteiger partial charge in [0.15, 0.2) is 11.6 Å². The number of benzene rings is 3. The molecule has 0 aliphatic heterocycles. The molecule has 0 unspecified atom stereocenters. The van der Waals surface area contributed by atoms with E-state index < -0.39 is 39.5 Å². The third-order valence-electron chi connectivity index (χ3n) is 7.12. The van der Waals surface area contributed by atoms with Crippen LogP contribution in [0.25, 0.3) is 21.8 Å². The number of amides is 1. The summed E-state index contributed by atoms with van der Waals surface area (Å²) in [6, 6.07) is 20.0. The number of sulfonamides is 1. The maximum Gasteiger partial charge on any atom is 0.410 e. The van der Waals surface area contributed by atoms with Gasteiger partial charge in [0, 0.05) is 46.7 Å². The summed E-state index contributed by atoms with van der Waals surface area (Å²) >= 11 is 1.30. The molecule has 0 aliphatic rings. The zero-order valence-corrected chi connectivity index (χ0v) is 28.1. The standard InChI is InChI=1S/C35H34F2N4O5S2/c1-35(2,3)46-34(43)41(21-32(42)26-5-4-17-38-20-26)18-16-23-6-11-27(12-7-23)40-48(44,45)28-13-8-24(9-14-28)33-39-31(22-47-33)25-10-15-29(36)30(37)19-25/h4-15,17,19-20,22,32,40,42H,16,18,21H2,1-3H3/t32-/m0/s1. The summed E-state index contributed by atoms with van der Waals surface area (Å²) < 4.78 is 61.4. The van der Waals surface area contributed by atoms with Crippen LogP contribution in [-0.4, -0.2) is 53.2 Å². The minimum Gasteiger partial charge on any atom is -0.444 e. The van der Waals surface area contributed by atoms with Crippen LogP contribution in [0.4, 0.5) is 19.3 Å². The van der Waals surface area contributed by atoms with Crippen LogP contribution in [-0.2, 0) is 21.2 Å². The molecule has 1 atom stereocenters. The summed E-state index contributed by atoms with van der Waals surface area (Å²) in [5.41, 5.74) is 2.65. The number of aliphatic hydroxyl groups is 1. The lowest BCUT2D eigenvalue weighted by Gasteiger charge is -2.29. The number of nitrogens with one attached hydrogen (secondary N) is 1. The lowest BCUT2D eigenvalue weighted by atomic mass is 10.1. The molecule has 2 aromatic heterocycles. The Morgan fingerprint density at radius 3 is 2.35 bits per heavy atom.